The lowest BCUT2D eigenvalue weighted by Crippen LogP contribution is -2.57. The monoisotopic (exact) mass is 284 g/mol. The van der Waals surface area contributed by atoms with Crippen molar-refractivity contribution in [3.8, 4) is 0 Å². The van der Waals surface area contributed by atoms with Crippen LogP contribution in [0.2, 0.25) is 0 Å². The average Bonchev–Trinajstić information content (AvgIpc) is 2.89. The summed E-state index contributed by atoms with van der Waals surface area (Å²) in [5.74, 6) is 0.413. The minimum absolute atomic E-state index is 0.0150. The molecule has 0 aromatic heterocycles. The molecule has 2 N–H and O–H groups in total. The van der Waals surface area contributed by atoms with E-state index >= 15 is 0 Å². The van der Waals surface area contributed by atoms with Crippen LogP contribution < -0.4 is 10.9 Å². The Balaban J connectivity index is 1.81. The Labute approximate surface area is 121 Å². The summed E-state index contributed by atoms with van der Waals surface area (Å²) in [5.41, 5.74) is 7.28. The third-order valence-corrected chi connectivity index (χ3v) is 5.92. The van der Waals surface area contributed by atoms with Crippen LogP contribution in [0, 0.1) is 22.7 Å². The van der Waals surface area contributed by atoms with Crippen molar-refractivity contribution >= 4 is 23.2 Å². The number of nitrogens with zero attached hydrogens (tertiary/aromatic N) is 2. The first kappa shape index (κ1) is 11.7. The van der Waals surface area contributed by atoms with Crippen molar-refractivity contribution in [3.05, 3.63) is 11.6 Å². The number of carbonyl (C=O) groups is 2. The van der Waals surface area contributed by atoms with Crippen LogP contribution in [-0.2, 0) is 9.59 Å². The van der Waals surface area contributed by atoms with E-state index in [1.807, 2.05) is 6.92 Å². The number of nitrogens with one attached hydrogen (secondary N) is 2. The molecule has 108 valence electrons. The Bertz CT molecular complexity index is 706. The lowest BCUT2D eigenvalue weighted by Gasteiger charge is -2.50. The van der Waals surface area contributed by atoms with E-state index < -0.39 is 10.8 Å². The lowest BCUT2D eigenvalue weighted by atomic mass is 9.50. The molecule has 0 aromatic rings. The highest BCUT2D eigenvalue weighted by Gasteiger charge is 2.64. The fourth-order valence-corrected chi connectivity index (χ4v) is 5.33. The second-order valence-electron chi connectivity index (χ2n) is 7.13. The fraction of sp³-hybridized carbons (Fsp3) is 0.600. The molecular formula is C15H16N4O2. The number of hydrazone groups is 2. The Morgan fingerprint density at radius 1 is 1.10 bits per heavy atom. The van der Waals surface area contributed by atoms with Crippen molar-refractivity contribution in [1.82, 2.24) is 10.9 Å². The average molecular weight is 284 g/mol. The molecule has 6 heteroatoms. The Hall–Kier alpha value is -1.98. The number of hydrogen-bond donors (Lipinski definition) is 2. The summed E-state index contributed by atoms with van der Waals surface area (Å²) >= 11 is 0. The predicted molar refractivity (Wildman–Crippen MR) is 75.2 cm³/mol. The molecule has 0 saturated heterocycles. The first-order valence-electron chi connectivity index (χ1n) is 7.50. The number of allylic oxidation sites excluding steroid dienone is 1. The number of amides is 2. The molecule has 6 rings (SSSR count). The topological polar surface area (TPSA) is 82.9 Å². The van der Waals surface area contributed by atoms with Gasteiger partial charge >= 0.3 is 0 Å². The molecule has 2 aliphatic heterocycles. The summed E-state index contributed by atoms with van der Waals surface area (Å²) in [7, 11) is 0. The van der Waals surface area contributed by atoms with Gasteiger partial charge in [-0.3, -0.25) is 9.59 Å². The summed E-state index contributed by atoms with van der Waals surface area (Å²) in [6.07, 6.45) is 5.12. The van der Waals surface area contributed by atoms with Gasteiger partial charge in [-0.15, -0.1) is 0 Å². The summed E-state index contributed by atoms with van der Waals surface area (Å²) in [6.45, 7) is 2.01. The van der Waals surface area contributed by atoms with Crippen LogP contribution in [0.3, 0.4) is 0 Å². The molecule has 2 saturated carbocycles. The van der Waals surface area contributed by atoms with Crippen molar-refractivity contribution in [1.29, 1.82) is 0 Å². The van der Waals surface area contributed by atoms with Gasteiger partial charge in [-0.25, -0.2) is 10.9 Å². The zero-order valence-corrected chi connectivity index (χ0v) is 11.8. The standard InChI is InChI=1S/C15H16N4O2/c1-7-3-14-5-8-2-9(10(14)16-18-12(14)20)6-15(4-7)11(8)17-19-13(15)21/h3,8-9H,2,4-6H2,1H3,(H,18,20)(H,19,21)/b7-3-/t8-,9-,14+,15+/m0/s1. The molecule has 4 aliphatic carbocycles. The van der Waals surface area contributed by atoms with Crippen LogP contribution in [0.15, 0.2) is 21.9 Å². The minimum atomic E-state index is -0.599. The highest BCUT2D eigenvalue weighted by atomic mass is 16.2. The Morgan fingerprint density at radius 3 is 2.67 bits per heavy atom. The molecule has 21 heavy (non-hydrogen) atoms. The number of fused-ring (bicyclic) bond motifs is 1. The third kappa shape index (κ3) is 1.13. The van der Waals surface area contributed by atoms with Crippen LogP contribution in [0.1, 0.15) is 32.6 Å². The predicted octanol–water partition coefficient (Wildman–Crippen LogP) is 0.711. The molecule has 0 unspecified atom stereocenters. The van der Waals surface area contributed by atoms with Crippen LogP contribution >= 0.6 is 0 Å². The van der Waals surface area contributed by atoms with Gasteiger partial charge in [0.25, 0.3) is 11.8 Å². The van der Waals surface area contributed by atoms with Crippen LogP contribution in [-0.4, -0.2) is 23.2 Å². The maximum Gasteiger partial charge on any atom is 0.255 e. The maximum absolute atomic E-state index is 12.5. The zero-order valence-electron chi connectivity index (χ0n) is 11.8. The third-order valence-electron chi connectivity index (χ3n) is 5.92. The van der Waals surface area contributed by atoms with Gasteiger partial charge in [-0.2, -0.15) is 10.2 Å². The van der Waals surface area contributed by atoms with Crippen LogP contribution in [0.25, 0.3) is 0 Å². The molecule has 4 bridgehead atoms. The molecule has 0 aromatic carbocycles. The van der Waals surface area contributed by atoms with Gasteiger partial charge in [0.2, 0.25) is 0 Å². The molecular weight excluding hydrogens is 268 g/mol. The Kier molecular flexibility index (Phi) is 1.81. The first-order chi connectivity index (χ1) is 10.1. The van der Waals surface area contributed by atoms with E-state index in [1.54, 1.807) is 0 Å². The van der Waals surface area contributed by atoms with E-state index in [2.05, 4.69) is 27.1 Å². The molecule has 6 aliphatic rings. The van der Waals surface area contributed by atoms with Gasteiger partial charge < -0.3 is 0 Å². The Morgan fingerprint density at radius 2 is 1.81 bits per heavy atom. The molecule has 2 spiro atoms. The van der Waals surface area contributed by atoms with Crippen molar-refractivity contribution in [3.63, 3.8) is 0 Å². The van der Waals surface area contributed by atoms with E-state index in [4.69, 9.17) is 0 Å². The van der Waals surface area contributed by atoms with Crippen molar-refractivity contribution in [2.24, 2.45) is 32.9 Å². The SMILES string of the molecule is C/C1=C/[C@@]23C[C@@H]4C[C@@H](C[C@@]5(C1)C(=O)NN=C45)C2=NNC3=O. The second kappa shape index (κ2) is 3.26. The normalized spacial score (nSPS) is 48.3. The number of hydrogen-bond acceptors (Lipinski definition) is 4. The van der Waals surface area contributed by atoms with Gasteiger partial charge in [0, 0.05) is 11.8 Å². The van der Waals surface area contributed by atoms with Crippen molar-refractivity contribution in [2.45, 2.75) is 32.6 Å². The van der Waals surface area contributed by atoms with E-state index in [-0.39, 0.29) is 23.7 Å². The van der Waals surface area contributed by atoms with Gasteiger partial charge in [0.1, 0.15) is 5.41 Å². The molecule has 0 radical (unpaired) electrons. The maximum atomic E-state index is 12.5. The van der Waals surface area contributed by atoms with E-state index in [0.717, 1.165) is 29.8 Å². The quantitative estimate of drug-likeness (QED) is 0.642. The molecule has 2 heterocycles. The van der Waals surface area contributed by atoms with Crippen molar-refractivity contribution in [2.75, 3.05) is 0 Å². The summed E-state index contributed by atoms with van der Waals surface area (Å²) in [4.78, 5) is 25.0. The molecule has 4 atom stereocenters. The molecule has 6 nitrogen and oxygen atoms in total. The smallest absolute Gasteiger partial charge is 0.255 e. The minimum Gasteiger partial charge on any atom is -0.272 e. The van der Waals surface area contributed by atoms with Gasteiger partial charge in [0.05, 0.1) is 16.8 Å². The lowest BCUT2D eigenvalue weighted by molar-refractivity contribution is -0.127. The summed E-state index contributed by atoms with van der Waals surface area (Å²) in [5, 5.41) is 8.70. The largest absolute Gasteiger partial charge is 0.272 e. The van der Waals surface area contributed by atoms with Gasteiger partial charge in [-0.1, -0.05) is 11.6 Å². The van der Waals surface area contributed by atoms with E-state index in [0.29, 0.717) is 12.8 Å². The van der Waals surface area contributed by atoms with Crippen LogP contribution in [0.5, 0.6) is 0 Å². The van der Waals surface area contributed by atoms with Gasteiger partial charge in [-0.05, 0) is 32.6 Å². The van der Waals surface area contributed by atoms with Crippen LogP contribution in [0.4, 0.5) is 0 Å². The number of carbonyl (C=O) groups excluding carboxylic acids is 2. The van der Waals surface area contributed by atoms with Crippen molar-refractivity contribution < 1.29 is 9.59 Å². The van der Waals surface area contributed by atoms with E-state index in [1.165, 1.54) is 0 Å². The summed E-state index contributed by atoms with van der Waals surface area (Å²) < 4.78 is 0. The molecule has 2 fully saturated rings. The second-order valence-corrected chi connectivity index (χ2v) is 7.13. The molecule has 2 amide bonds. The number of rotatable bonds is 0. The first-order valence-corrected chi connectivity index (χ1v) is 7.50. The fourth-order valence-electron chi connectivity index (χ4n) is 5.33. The summed E-state index contributed by atoms with van der Waals surface area (Å²) in [6, 6.07) is 0. The highest BCUT2D eigenvalue weighted by molar-refractivity contribution is 6.21. The van der Waals surface area contributed by atoms with E-state index in [9.17, 15) is 9.59 Å². The van der Waals surface area contributed by atoms with Gasteiger partial charge in [0.15, 0.2) is 0 Å². The highest BCUT2D eigenvalue weighted by Crippen LogP contribution is 2.58. The zero-order chi connectivity index (χ0) is 14.4.